The molecule has 0 aliphatic carbocycles. The first-order valence-corrected chi connectivity index (χ1v) is 11.0. The van der Waals surface area contributed by atoms with Crippen LogP contribution in [0, 0.1) is 0 Å². The van der Waals surface area contributed by atoms with Gasteiger partial charge in [0.15, 0.2) is 11.3 Å². The van der Waals surface area contributed by atoms with Crippen LogP contribution < -0.4 is 15.3 Å². The third-order valence-corrected chi connectivity index (χ3v) is 6.18. The number of carbonyl (C=O) groups excluding carboxylic acids is 1. The molecule has 1 amide bonds. The molecular weight excluding hydrogens is 392 g/mol. The van der Waals surface area contributed by atoms with E-state index in [1.54, 1.807) is 6.07 Å². The van der Waals surface area contributed by atoms with Crippen LogP contribution in [0.2, 0.25) is 5.02 Å². The van der Waals surface area contributed by atoms with Gasteiger partial charge in [-0.2, -0.15) is 0 Å². The highest BCUT2D eigenvalue weighted by atomic mass is 35.5. The van der Waals surface area contributed by atoms with Crippen molar-refractivity contribution in [3.8, 4) is 5.75 Å². The zero-order valence-electron chi connectivity index (χ0n) is 16.9. The van der Waals surface area contributed by atoms with E-state index in [9.17, 15) is 9.59 Å². The van der Waals surface area contributed by atoms with Gasteiger partial charge in [-0.3, -0.25) is 9.69 Å². The summed E-state index contributed by atoms with van der Waals surface area (Å²) in [5.41, 5.74) is 2.15. The van der Waals surface area contributed by atoms with Crippen LogP contribution in [0.15, 0.2) is 21.3 Å². The standard InChI is InChI=1S/C22H27ClN2O4/c1-2-3-6-15-11-20(27)29-21-16(15)12-18(23)22-17(21)13-24(14-28-22)8-5-10-25-9-4-7-19(25)26/h11-12H,2-10,13-14H2,1H3/p+1. The molecule has 1 saturated heterocycles. The van der Waals surface area contributed by atoms with Gasteiger partial charge < -0.3 is 14.1 Å². The zero-order valence-corrected chi connectivity index (χ0v) is 17.6. The van der Waals surface area contributed by atoms with Crippen molar-refractivity contribution in [2.45, 2.75) is 52.0 Å². The predicted octanol–water partition coefficient (Wildman–Crippen LogP) is 2.54. The first-order valence-electron chi connectivity index (χ1n) is 10.6. The highest BCUT2D eigenvalue weighted by Gasteiger charge is 2.28. The molecule has 7 heteroatoms. The predicted molar refractivity (Wildman–Crippen MR) is 112 cm³/mol. The molecule has 0 saturated carbocycles. The van der Waals surface area contributed by atoms with E-state index < -0.39 is 0 Å². The number of hydrogen-bond acceptors (Lipinski definition) is 4. The number of carbonyl (C=O) groups is 1. The van der Waals surface area contributed by atoms with E-state index in [0.29, 0.717) is 36.1 Å². The average Bonchev–Trinajstić information content (AvgIpc) is 3.12. The normalized spacial score (nSPS) is 18.9. The van der Waals surface area contributed by atoms with Crippen molar-refractivity contribution in [2.24, 2.45) is 0 Å². The van der Waals surface area contributed by atoms with Gasteiger partial charge in [-0.25, -0.2) is 4.79 Å². The summed E-state index contributed by atoms with van der Waals surface area (Å²) in [7, 11) is 0. The summed E-state index contributed by atoms with van der Waals surface area (Å²) < 4.78 is 11.6. The molecule has 1 N–H and O–H groups in total. The number of benzene rings is 1. The third kappa shape index (κ3) is 4.28. The maximum Gasteiger partial charge on any atom is 0.336 e. The van der Waals surface area contributed by atoms with Gasteiger partial charge in [-0.1, -0.05) is 24.9 Å². The number of unbranched alkanes of at least 4 members (excludes halogenated alkanes) is 1. The topological polar surface area (TPSA) is 64.2 Å². The molecule has 29 heavy (non-hydrogen) atoms. The average molecular weight is 420 g/mol. The van der Waals surface area contributed by atoms with E-state index >= 15 is 0 Å². The number of nitrogens with one attached hydrogen (secondary N) is 1. The Morgan fingerprint density at radius 1 is 1.24 bits per heavy atom. The number of quaternary nitrogens is 1. The Bertz CT molecular complexity index is 971. The lowest BCUT2D eigenvalue weighted by atomic mass is 10.0. The quantitative estimate of drug-likeness (QED) is 0.700. The molecular formula is C22H28ClN2O4+. The number of ether oxygens (including phenoxy) is 1. The Hall–Kier alpha value is -2.05. The van der Waals surface area contributed by atoms with Gasteiger partial charge in [0.25, 0.3) is 0 Å². The maximum absolute atomic E-state index is 12.2. The highest BCUT2D eigenvalue weighted by Crippen LogP contribution is 2.37. The maximum atomic E-state index is 12.2. The monoisotopic (exact) mass is 419 g/mol. The van der Waals surface area contributed by atoms with Crippen LogP contribution >= 0.6 is 11.6 Å². The van der Waals surface area contributed by atoms with E-state index in [1.165, 1.54) is 4.90 Å². The molecule has 3 heterocycles. The number of likely N-dealkylation sites (tertiary alicyclic amines) is 1. The molecule has 1 aromatic carbocycles. The van der Waals surface area contributed by atoms with Crippen molar-refractivity contribution in [3.63, 3.8) is 0 Å². The molecule has 0 spiro atoms. The Morgan fingerprint density at radius 2 is 2.10 bits per heavy atom. The van der Waals surface area contributed by atoms with Crippen molar-refractivity contribution in [3.05, 3.63) is 38.7 Å². The second-order valence-electron chi connectivity index (χ2n) is 8.04. The number of halogens is 1. The fourth-order valence-electron chi connectivity index (χ4n) is 4.36. The largest absolute Gasteiger partial charge is 0.443 e. The second-order valence-corrected chi connectivity index (χ2v) is 8.45. The van der Waals surface area contributed by atoms with Crippen molar-refractivity contribution in [2.75, 3.05) is 26.4 Å². The lowest BCUT2D eigenvalue weighted by Crippen LogP contribution is -3.12. The molecule has 1 fully saturated rings. The van der Waals surface area contributed by atoms with Gasteiger partial charge >= 0.3 is 5.63 Å². The summed E-state index contributed by atoms with van der Waals surface area (Å²) in [6.07, 6.45) is 5.46. The van der Waals surface area contributed by atoms with Crippen molar-refractivity contribution in [1.82, 2.24) is 4.90 Å². The van der Waals surface area contributed by atoms with E-state index in [-0.39, 0.29) is 11.5 Å². The first kappa shape index (κ1) is 20.2. The fourth-order valence-corrected chi connectivity index (χ4v) is 4.64. The van der Waals surface area contributed by atoms with Crippen LogP contribution in [0.5, 0.6) is 5.75 Å². The number of aryl methyl sites for hydroxylation is 1. The minimum absolute atomic E-state index is 0.263. The molecule has 6 nitrogen and oxygen atoms in total. The summed E-state index contributed by atoms with van der Waals surface area (Å²) in [6, 6.07) is 3.45. The highest BCUT2D eigenvalue weighted by molar-refractivity contribution is 6.33. The first-order chi connectivity index (χ1) is 14.1. The van der Waals surface area contributed by atoms with E-state index in [2.05, 4.69) is 6.92 Å². The molecule has 0 bridgehead atoms. The van der Waals surface area contributed by atoms with Gasteiger partial charge in [0.1, 0.15) is 6.54 Å². The molecule has 2 aromatic rings. The minimum Gasteiger partial charge on any atom is -0.443 e. The lowest BCUT2D eigenvalue weighted by Gasteiger charge is -2.28. The van der Waals surface area contributed by atoms with E-state index in [1.807, 2.05) is 11.0 Å². The summed E-state index contributed by atoms with van der Waals surface area (Å²) in [6.45, 7) is 5.90. The Morgan fingerprint density at radius 3 is 2.86 bits per heavy atom. The van der Waals surface area contributed by atoms with Crippen LogP contribution in [0.1, 0.15) is 50.2 Å². The van der Waals surface area contributed by atoms with Gasteiger partial charge in [0.2, 0.25) is 12.6 Å². The smallest absolute Gasteiger partial charge is 0.336 e. The van der Waals surface area contributed by atoms with E-state index in [4.69, 9.17) is 20.8 Å². The molecule has 4 rings (SSSR count). The summed E-state index contributed by atoms with van der Waals surface area (Å²) in [4.78, 5) is 27.2. The number of amides is 1. The number of hydrogen-bond donors (Lipinski definition) is 1. The zero-order chi connectivity index (χ0) is 20.4. The summed E-state index contributed by atoms with van der Waals surface area (Å²) >= 11 is 6.52. The van der Waals surface area contributed by atoms with Crippen molar-refractivity contribution in [1.29, 1.82) is 0 Å². The molecule has 2 aliphatic rings. The second kappa shape index (κ2) is 8.76. The van der Waals surface area contributed by atoms with Gasteiger partial charge in [0, 0.05) is 37.4 Å². The molecule has 1 aromatic heterocycles. The van der Waals surface area contributed by atoms with Gasteiger partial charge in [-0.05, 0) is 30.9 Å². The number of nitrogens with zero attached hydrogens (tertiary/aromatic N) is 1. The molecule has 2 aliphatic heterocycles. The minimum atomic E-state index is -0.326. The molecule has 1 atom stereocenters. The van der Waals surface area contributed by atoms with Crippen LogP contribution in [-0.4, -0.2) is 37.2 Å². The SMILES string of the molecule is CCCCc1cc(=O)oc2c3c(c(Cl)cc12)OC[NH+](CCCN1CCCC1=O)C3. The van der Waals surface area contributed by atoms with Crippen molar-refractivity contribution < 1.29 is 18.8 Å². The van der Waals surface area contributed by atoms with E-state index in [0.717, 1.165) is 68.3 Å². The lowest BCUT2D eigenvalue weighted by molar-refractivity contribution is -0.932. The van der Waals surface area contributed by atoms with Crippen LogP contribution in [0.25, 0.3) is 11.0 Å². The Balaban J connectivity index is 1.55. The van der Waals surface area contributed by atoms with Crippen LogP contribution in [0.3, 0.4) is 0 Å². The number of fused-ring (bicyclic) bond motifs is 3. The van der Waals surface area contributed by atoms with Crippen LogP contribution in [0.4, 0.5) is 0 Å². The summed E-state index contributed by atoms with van der Waals surface area (Å²) in [5.74, 6) is 0.896. The molecule has 156 valence electrons. The van der Waals surface area contributed by atoms with Crippen molar-refractivity contribution >= 4 is 28.5 Å². The fraction of sp³-hybridized carbons (Fsp3) is 0.545. The Kier molecular flexibility index (Phi) is 6.11. The van der Waals surface area contributed by atoms with Gasteiger partial charge in [0.05, 0.1) is 17.1 Å². The van der Waals surface area contributed by atoms with Crippen LogP contribution in [-0.2, 0) is 17.8 Å². The molecule has 1 unspecified atom stereocenters. The summed E-state index contributed by atoms with van der Waals surface area (Å²) in [5, 5.41) is 1.48. The molecule has 0 radical (unpaired) electrons. The number of rotatable bonds is 7. The Labute approximate surface area is 175 Å². The van der Waals surface area contributed by atoms with Gasteiger partial charge in [-0.15, -0.1) is 0 Å². The third-order valence-electron chi connectivity index (χ3n) is 5.90.